The van der Waals surface area contributed by atoms with Crippen LogP contribution in [0.25, 0.3) is 6.08 Å². The quantitative estimate of drug-likeness (QED) is 0.721. The number of rotatable bonds is 4. The highest BCUT2D eigenvalue weighted by Gasteiger charge is 2.04. The Labute approximate surface area is 101 Å². The third-order valence-electron chi connectivity index (χ3n) is 2.63. The van der Waals surface area contributed by atoms with Gasteiger partial charge < -0.3 is 4.79 Å². The Bertz CT molecular complexity index is 485. The summed E-state index contributed by atoms with van der Waals surface area (Å²) in [4.78, 5) is 11.1. The number of hydrogen-bond acceptors (Lipinski definition) is 1. The SMILES string of the molecule is O=CC(/C=C/c1ccccc1)c1ccccc1. The molecule has 0 aliphatic heterocycles. The first kappa shape index (κ1) is 11.3. The maximum atomic E-state index is 11.1. The first-order valence-electron chi connectivity index (χ1n) is 5.63. The fraction of sp³-hybridized carbons (Fsp3) is 0.0625. The molecule has 1 heteroatoms. The van der Waals surface area contributed by atoms with Gasteiger partial charge in [0.2, 0.25) is 0 Å². The predicted molar refractivity (Wildman–Crippen MR) is 70.7 cm³/mol. The summed E-state index contributed by atoms with van der Waals surface area (Å²) in [5.74, 6) is -0.170. The van der Waals surface area contributed by atoms with E-state index in [0.717, 1.165) is 17.4 Å². The molecule has 0 aromatic heterocycles. The molecule has 0 N–H and O–H groups in total. The number of hydrogen-bond donors (Lipinski definition) is 0. The molecule has 0 aliphatic rings. The lowest BCUT2D eigenvalue weighted by molar-refractivity contribution is -0.108. The van der Waals surface area contributed by atoms with E-state index >= 15 is 0 Å². The van der Waals surface area contributed by atoms with E-state index in [9.17, 15) is 4.79 Å². The number of allylic oxidation sites excluding steroid dienone is 1. The van der Waals surface area contributed by atoms with Crippen molar-refractivity contribution < 1.29 is 4.79 Å². The van der Waals surface area contributed by atoms with Crippen LogP contribution >= 0.6 is 0 Å². The molecule has 1 unspecified atom stereocenters. The molecular formula is C16H14O. The van der Waals surface area contributed by atoms with Crippen molar-refractivity contribution in [3.63, 3.8) is 0 Å². The Morgan fingerprint density at radius 2 is 1.41 bits per heavy atom. The minimum atomic E-state index is -0.170. The third-order valence-corrected chi connectivity index (χ3v) is 2.63. The van der Waals surface area contributed by atoms with Crippen LogP contribution in [0.2, 0.25) is 0 Å². The first-order chi connectivity index (χ1) is 8.40. The van der Waals surface area contributed by atoms with Crippen LogP contribution in [0.4, 0.5) is 0 Å². The van der Waals surface area contributed by atoms with Crippen molar-refractivity contribution in [2.45, 2.75) is 5.92 Å². The van der Waals surface area contributed by atoms with E-state index in [0.29, 0.717) is 0 Å². The summed E-state index contributed by atoms with van der Waals surface area (Å²) in [5.41, 5.74) is 2.13. The van der Waals surface area contributed by atoms with Gasteiger partial charge in [0, 0.05) is 0 Å². The highest BCUT2D eigenvalue weighted by atomic mass is 16.1. The van der Waals surface area contributed by atoms with Crippen molar-refractivity contribution >= 4 is 12.4 Å². The van der Waals surface area contributed by atoms with E-state index in [4.69, 9.17) is 0 Å². The summed E-state index contributed by atoms with van der Waals surface area (Å²) in [6.45, 7) is 0. The molecule has 2 rings (SSSR count). The van der Waals surface area contributed by atoms with Crippen LogP contribution in [0.1, 0.15) is 17.0 Å². The molecule has 84 valence electrons. The van der Waals surface area contributed by atoms with Crippen LogP contribution in [0, 0.1) is 0 Å². The van der Waals surface area contributed by atoms with Crippen molar-refractivity contribution in [3.8, 4) is 0 Å². The van der Waals surface area contributed by atoms with E-state index < -0.39 is 0 Å². The molecule has 0 radical (unpaired) electrons. The number of carbonyl (C=O) groups excluding carboxylic acids is 1. The van der Waals surface area contributed by atoms with E-state index in [2.05, 4.69) is 0 Å². The van der Waals surface area contributed by atoms with Crippen LogP contribution in [0.3, 0.4) is 0 Å². The molecule has 0 spiro atoms. The smallest absolute Gasteiger partial charge is 0.131 e. The van der Waals surface area contributed by atoms with Gasteiger partial charge in [-0.25, -0.2) is 0 Å². The highest BCUT2D eigenvalue weighted by molar-refractivity contribution is 5.68. The summed E-state index contributed by atoms with van der Waals surface area (Å²) in [6.07, 6.45) is 4.87. The molecule has 0 saturated heterocycles. The Morgan fingerprint density at radius 3 is 2.00 bits per heavy atom. The van der Waals surface area contributed by atoms with E-state index in [1.165, 1.54) is 0 Å². The standard InChI is InChI=1S/C16H14O/c17-13-16(15-9-5-2-6-10-15)12-11-14-7-3-1-4-8-14/h1-13,16H/b12-11+. The van der Waals surface area contributed by atoms with Gasteiger partial charge in [-0.2, -0.15) is 0 Å². The summed E-state index contributed by atoms with van der Waals surface area (Å²) in [6, 6.07) is 19.8. The van der Waals surface area contributed by atoms with Crippen LogP contribution in [-0.4, -0.2) is 6.29 Å². The summed E-state index contributed by atoms with van der Waals surface area (Å²) in [5, 5.41) is 0. The highest BCUT2D eigenvalue weighted by Crippen LogP contribution is 2.16. The summed E-state index contributed by atoms with van der Waals surface area (Å²) < 4.78 is 0. The van der Waals surface area contributed by atoms with E-state index in [1.54, 1.807) is 0 Å². The van der Waals surface area contributed by atoms with Crippen LogP contribution in [-0.2, 0) is 4.79 Å². The summed E-state index contributed by atoms with van der Waals surface area (Å²) >= 11 is 0. The minimum Gasteiger partial charge on any atom is -0.302 e. The molecular weight excluding hydrogens is 208 g/mol. The molecule has 0 fully saturated rings. The third kappa shape index (κ3) is 3.15. The maximum absolute atomic E-state index is 11.1. The molecule has 1 atom stereocenters. The zero-order valence-electron chi connectivity index (χ0n) is 9.49. The Morgan fingerprint density at radius 1 is 0.824 bits per heavy atom. The van der Waals surface area contributed by atoms with Crippen molar-refractivity contribution in [3.05, 3.63) is 77.9 Å². The second-order valence-electron chi connectivity index (χ2n) is 3.84. The van der Waals surface area contributed by atoms with Gasteiger partial charge in [0.05, 0.1) is 5.92 Å². The second kappa shape index (κ2) is 5.80. The van der Waals surface area contributed by atoms with Crippen molar-refractivity contribution in [1.29, 1.82) is 0 Å². The van der Waals surface area contributed by atoms with Gasteiger partial charge in [0.15, 0.2) is 0 Å². The molecule has 1 nitrogen and oxygen atoms in total. The van der Waals surface area contributed by atoms with Gasteiger partial charge in [-0.05, 0) is 11.1 Å². The van der Waals surface area contributed by atoms with Gasteiger partial charge in [-0.3, -0.25) is 0 Å². The van der Waals surface area contributed by atoms with Gasteiger partial charge in [-0.15, -0.1) is 0 Å². The average Bonchev–Trinajstić information content (AvgIpc) is 2.42. The van der Waals surface area contributed by atoms with E-state index in [1.807, 2.05) is 72.8 Å². The Balaban J connectivity index is 2.16. The molecule has 0 aliphatic carbocycles. The summed E-state index contributed by atoms with van der Waals surface area (Å²) in [7, 11) is 0. The van der Waals surface area contributed by atoms with Crippen molar-refractivity contribution in [2.24, 2.45) is 0 Å². The Hall–Kier alpha value is -2.15. The largest absolute Gasteiger partial charge is 0.302 e. The number of aldehydes is 1. The fourth-order valence-corrected chi connectivity index (χ4v) is 1.69. The topological polar surface area (TPSA) is 17.1 Å². The lowest BCUT2D eigenvalue weighted by Gasteiger charge is -2.04. The van der Waals surface area contributed by atoms with Crippen LogP contribution in [0.15, 0.2) is 66.7 Å². The van der Waals surface area contributed by atoms with E-state index in [-0.39, 0.29) is 5.92 Å². The predicted octanol–water partition coefficient (Wildman–Crippen LogP) is 3.68. The first-order valence-corrected chi connectivity index (χ1v) is 5.63. The molecule has 2 aromatic carbocycles. The molecule has 0 amide bonds. The normalized spacial score (nSPS) is 12.5. The molecule has 0 saturated carbocycles. The molecule has 0 heterocycles. The zero-order valence-corrected chi connectivity index (χ0v) is 9.49. The van der Waals surface area contributed by atoms with Crippen molar-refractivity contribution in [2.75, 3.05) is 0 Å². The number of carbonyl (C=O) groups is 1. The van der Waals surface area contributed by atoms with Crippen molar-refractivity contribution in [1.82, 2.24) is 0 Å². The lowest BCUT2D eigenvalue weighted by atomic mass is 9.99. The van der Waals surface area contributed by atoms with Gasteiger partial charge in [-0.1, -0.05) is 72.8 Å². The minimum absolute atomic E-state index is 0.170. The molecule has 2 aromatic rings. The van der Waals surface area contributed by atoms with Gasteiger partial charge >= 0.3 is 0 Å². The molecule has 17 heavy (non-hydrogen) atoms. The Kier molecular flexibility index (Phi) is 3.87. The fourth-order valence-electron chi connectivity index (χ4n) is 1.69. The van der Waals surface area contributed by atoms with Crippen LogP contribution < -0.4 is 0 Å². The number of benzene rings is 2. The monoisotopic (exact) mass is 222 g/mol. The maximum Gasteiger partial charge on any atom is 0.131 e. The van der Waals surface area contributed by atoms with Gasteiger partial charge in [0.25, 0.3) is 0 Å². The van der Waals surface area contributed by atoms with Crippen LogP contribution in [0.5, 0.6) is 0 Å². The zero-order chi connectivity index (χ0) is 11.9. The lowest BCUT2D eigenvalue weighted by Crippen LogP contribution is -1.95. The molecule has 0 bridgehead atoms. The van der Waals surface area contributed by atoms with Gasteiger partial charge in [0.1, 0.15) is 6.29 Å². The second-order valence-corrected chi connectivity index (χ2v) is 3.84. The average molecular weight is 222 g/mol.